The third-order valence-electron chi connectivity index (χ3n) is 3.45. The Bertz CT molecular complexity index is 716. The minimum atomic E-state index is -0.563. The molecule has 2 aromatic rings. The number of carbonyl (C=O) groups excluding carboxylic acids is 2. The Kier molecular flexibility index (Phi) is 5.21. The molecular formula is C18H21NO4. The van der Waals surface area contributed by atoms with Gasteiger partial charge in [-0.25, -0.2) is 4.79 Å². The summed E-state index contributed by atoms with van der Waals surface area (Å²) in [6.07, 6.45) is 0. The van der Waals surface area contributed by atoms with Crippen molar-refractivity contribution in [2.45, 2.75) is 33.6 Å². The van der Waals surface area contributed by atoms with Crippen LogP contribution in [0.5, 0.6) is 0 Å². The molecule has 0 unspecified atom stereocenters. The standard InChI is InChI=1S/C18H21NO4/c1-11(2)14-7-5-6-8-16(14)19-17(20)10-22-18(21)15-9-12(3)23-13(15)4/h5-9,11H,10H2,1-4H3,(H,19,20). The quantitative estimate of drug-likeness (QED) is 0.852. The van der Waals surface area contributed by atoms with Crippen molar-refractivity contribution in [3.8, 4) is 0 Å². The van der Waals surface area contributed by atoms with Gasteiger partial charge in [0.2, 0.25) is 0 Å². The number of nitrogens with one attached hydrogen (secondary N) is 1. The summed E-state index contributed by atoms with van der Waals surface area (Å²) in [4.78, 5) is 24.0. The molecule has 0 atom stereocenters. The fraction of sp³-hybridized carbons (Fsp3) is 0.333. The largest absolute Gasteiger partial charge is 0.466 e. The molecule has 0 fully saturated rings. The molecule has 1 N–H and O–H groups in total. The second-order valence-corrected chi connectivity index (χ2v) is 5.69. The first kappa shape index (κ1) is 16.8. The van der Waals surface area contributed by atoms with E-state index in [1.165, 1.54) is 0 Å². The summed E-state index contributed by atoms with van der Waals surface area (Å²) in [5.74, 6) is 0.462. The summed E-state index contributed by atoms with van der Waals surface area (Å²) in [6.45, 7) is 7.20. The minimum Gasteiger partial charge on any atom is -0.466 e. The van der Waals surface area contributed by atoms with E-state index in [4.69, 9.17) is 9.15 Å². The second-order valence-electron chi connectivity index (χ2n) is 5.69. The number of hydrogen-bond acceptors (Lipinski definition) is 4. The smallest absolute Gasteiger partial charge is 0.342 e. The van der Waals surface area contributed by atoms with E-state index in [-0.39, 0.29) is 18.4 Å². The number of ether oxygens (including phenoxy) is 1. The van der Waals surface area contributed by atoms with Crippen molar-refractivity contribution in [3.05, 3.63) is 53.0 Å². The highest BCUT2D eigenvalue weighted by atomic mass is 16.5. The maximum Gasteiger partial charge on any atom is 0.342 e. The molecule has 5 nitrogen and oxygen atoms in total. The van der Waals surface area contributed by atoms with E-state index >= 15 is 0 Å². The van der Waals surface area contributed by atoms with Crippen LogP contribution in [0, 0.1) is 13.8 Å². The summed E-state index contributed by atoms with van der Waals surface area (Å²) in [6, 6.07) is 9.17. The van der Waals surface area contributed by atoms with Crippen molar-refractivity contribution in [3.63, 3.8) is 0 Å². The monoisotopic (exact) mass is 315 g/mol. The number of esters is 1. The van der Waals surface area contributed by atoms with Gasteiger partial charge >= 0.3 is 5.97 Å². The number of para-hydroxylation sites is 1. The Balaban J connectivity index is 1.96. The summed E-state index contributed by atoms with van der Waals surface area (Å²) in [5.41, 5.74) is 2.12. The lowest BCUT2D eigenvalue weighted by Gasteiger charge is -2.13. The highest BCUT2D eigenvalue weighted by Crippen LogP contribution is 2.23. The van der Waals surface area contributed by atoms with Crippen LogP contribution in [0.3, 0.4) is 0 Å². The zero-order chi connectivity index (χ0) is 17.0. The van der Waals surface area contributed by atoms with Crippen molar-refractivity contribution in [1.29, 1.82) is 0 Å². The molecule has 2 rings (SSSR count). The van der Waals surface area contributed by atoms with Crippen LogP contribution in [0.1, 0.15) is 47.2 Å². The lowest BCUT2D eigenvalue weighted by atomic mass is 10.0. The van der Waals surface area contributed by atoms with Crippen LogP contribution in [0.25, 0.3) is 0 Å². The summed E-state index contributed by atoms with van der Waals surface area (Å²) in [5, 5.41) is 2.78. The summed E-state index contributed by atoms with van der Waals surface area (Å²) < 4.78 is 10.3. The summed E-state index contributed by atoms with van der Waals surface area (Å²) >= 11 is 0. The van der Waals surface area contributed by atoms with E-state index < -0.39 is 5.97 Å². The number of hydrogen-bond donors (Lipinski definition) is 1. The number of carbonyl (C=O) groups is 2. The molecule has 0 aliphatic carbocycles. The van der Waals surface area contributed by atoms with Gasteiger partial charge in [0, 0.05) is 5.69 Å². The number of furan rings is 1. The maximum atomic E-state index is 12.0. The third kappa shape index (κ3) is 4.22. The Morgan fingerprint density at radius 3 is 2.52 bits per heavy atom. The van der Waals surface area contributed by atoms with E-state index in [1.807, 2.05) is 24.3 Å². The van der Waals surface area contributed by atoms with Crippen molar-refractivity contribution in [1.82, 2.24) is 0 Å². The van der Waals surface area contributed by atoms with Gasteiger partial charge in [0.25, 0.3) is 5.91 Å². The molecule has 1 amide bonds. The number of aryl methyl sites for hydroxylation is 2. The lowest BCUT2D eigenvalue weighted by molar-refractivity contribution is -0.119. The highest BCUT2D eigenvalue weighted by Gasteiger charge is 2.17. The first-order valence-corrected chi connectivity index (χ1v) is 7.51. The zero-order valence-electron chi connectivity index (χ0n) is 13.8. The fourth-order valence-corrected chi connectivity index (χ4v) is 2.34. The molecule has 5 heteroatoms. The van der Waals surface area contributed by atoms with Gasteiger partial charge in [-0.3, -0.25) is 4.79 Å². The molecule has 0 aliphatic rings. The second kappa shape index (κ2) is 7.13. The van der Waals surface area contributed by atoms with Crippen LogP contribution in [-0.2, 0) is 9.53 Å². The van der Waals surface area contributed by atoms with Crippen molar-refractivity contribution >= 4 is 17.6 Å². The molecule has 122 valence electrons. The van der Waals surface area contributed by atoms with Gasteiger partial charge in [-0.05, 0) is 37.5 Å². The van der Waals surface area contributed by atoms with E-state index in [1.54, 1.807) is 19.9 Å². The van der Waals surface area contributed by atoms with Crippen LogP contribution in [-0.4, -0.2) is 18.5 Å². The first-order valence-electron chi connectivity index (χ1n) is 7.51. The van der Waals surface area contributed by atoms with Gasteiger partial charge in [0.05, 0.1) is 0 Å². The van der Waals surface area contributed by atoms with Gasteiger partial charge in [-0.15, -0.1) is 0 Å². The van der Waals surface area contributed by atoms with Crippen molar-refractivity contribution < 1.29 is 18.7 Å². The molecular weight excluding hydrogens is 294 g/mol. The van der Waals surface area contributed by atoms with Crippen LogP contribution >= 0.6 is 0 Å². The summed E-state index contributed by atoms with van der Waals surface area (Å²) in [7, 11) is 0. The van der Waals surface area contributed by atoms with Crippen LogP contribution in [0.15, 0.2) is 34.7 Å². The lowest BCUT2D eigenvalue weighted by Crippen LogP contribution is -2.21. The minimum absolute atomic E-state index is 0.283. The Hall–Kier alpha value is -2.56. The van der Waals surface area contributed by atoms with Crippen LogP contribution < -0.4 is 5.32 Å². The predicted molar refractivity (Wildman–Crippen MR) is 87.6 cm³/mol. The van der Waals surface area contributed by atoms with Crippen LogP contribution in [0.2, 0.25) is 0 Å². The fourth-order valence-electron chi connectivity index (χ4n) is 2.34. The van der Waals surface area contributed by atoms with E-state index in [0.717, 1.165) is 11.3 Å². The molecule has 1 aromatic heterocycles. The molecule has 0 saturated heterocycles. The van der Waals surface area contributed by atoms with Gasteiger partial charge < -0.3 is 14.5 Å². The van der Waals surface area contributed by atoms with E-state index in [2.05, 4.69) is 19.2 Å². The topological polar surface area (TPSA) is 68.5 Å². The molecule has 0 saturated carbocycles. The molecule has 0 bridgehead atoms. The predicted octanol–water partition coefficient (Wildman–Crippen LogP) is 3.82. The highest BCUT2D eigenvalue weighted by molar-refractivity contribution is 5.96. The third-order valence-corrected chi connectivity index (χ3v) is 3.45. The van der Waals surface area contributed by atoms with Crippen LogP contribution in [0.4, 0.5) is 5.69 Å². The molecule has 1 aromatic carbocycles. The molecule has 0 radical (unpaired) electrons. The Labute approximate surface area is 135 Å². The van der Waals surface area contributed by atoms with E-state index in [9.17, 15) is 9.59 Å². The molecule has 0 spiro atoms. The normalized spacial score (nSPS) is 10.7. The molecule has 0 aliphatic heterocycles. The number of benzene rings is 1. The average molecular weight is 315 g/mol. The SMILES string of the molecule is Cc1cc(C(=O)OCC(=O)Nc2ccccc2C(C)C)c(C)o1. The van der Waals surface area contributed by atoms with Gasteiger partial charge in [0.1, 0.15) is 17.1 Å². The maximum absolute atomic E-state index is 12.0. The van der Waals surface area contributed by atoms with Crippen molar-refractivity contribution in [2.75, 3.05) is 11.9 Å². The number of rotatable bonds is 5. The Morgan fingerprint density at radius 1 is 1.22 bits per heavy atom. The Morgan fingerprint density at radius 2 is 1.91 bits per heavy atom. The van der Waals surface area contributed by atoms with Crippen molar-refractivity contribution in [2.24, 2.45) is 0 Å². The number of anilines is 1. The van der Waals surface area contributed by atoms with Gasteiger partial charge in [-0.2, -0.15) is 0 Å². The first-order chi connectivity index (χ1) is 10.9. The molecule has 23 heavy (non-hydrogen) atoms. The van der Waals surface area contributed by atoms with Gasteiger partial charge in [-0.1, -0.05) is 32.0 Å². The average Bonchev–Trinajstić information content (AvgIpc) is 2.84. The molecule has 1 heterocycles. The number of amides is 1. The zero-order valence-corrected chi connectivity index (χ0v) is 13.8. The van der Waals surface area contributed by atoms with E-state index in [0.29, 0.717) is 17.1 Å². The van der Waals surface area contributed by atoms with Gasteiger partial charge in [0.15, 0.2) is 6.61 Å².